The fourth-order valence-electron chi connectivity index (χ4n) is 2.85. The molecule has 4 heteroatoms. The lowest BCUT2D eigenvalue weighted by molar-refractivity contribution is 0.101. The van der Waals surface area contributed by atoms with Crippen molar-refractivity contribution in [1.82, 2.24) is 4.90 Å². The summed E-state index contributed by atoms with van der Waals surface area (Å²) in [6, 6.07) is 6.98. The van der Waals surface area contributed by atoms with E-state index >= 15 is 0 Å². The highest BCUT2D eigenvalue weighted by Gasteiger charge is 2.25. The molecule has 1 aromatic rings. The van der Waals surface area contributed by atoms with Crippen molar-refractivity contribution in [3.8, 4) is 0 Å². The molecule has 1 heterocycles. The van der Waals surface area contributed by atoms with Crippen LogP contribution in [0.2, 0.25) is 0 Å². The molecule has 0 spiro atoms. The van der Waals surface area contributed by atoms with E-state index in [9.17, 15) is 9.59 Å². The van der Waals surface area contributed by atoms with Gasteiger partial charge in [-0.05, 0) is 37.3 Å². The minimum atomic E-state index is -0.0795. The van der Waals surface area contributed by atoms with Gasteiger partial charge < -0.3 is 10.2 Å². The summed E-state index contributed by atoms with van der Waals surface area (Å²) in [7, 11) is 0. The molecular weight excluding hydrogens is 252 g/mol. The first kappa shape index (κ1) is 14.6. The van der Waals surface area contributed by atoms with Gasteiger partial charge in [0, 0.05) is 24.3 Å². The first-order chi connectivity index (χ1) is 9.45. The molecule has 2 atom stereocenters. The molecule has 1 aliphatic heterocycles. The fourth-order valence-corrected chi connectivity index (χ4v) is 2.85. The van der Waals surface area contributed by atoms with Crippen molar-refractivity contribution in [2.24, 2.45) is 11.8 Å². The van der Waals surface area contributed by atoms with Crippen LogP contribution < -0.4 is 5.32 Å². The topological polar surface area (TPSA) is 49.4 Å². The van der Waals surface area contributed by atoms with Gasteiger partial charge in [0.15, 0.2) is 5.78 Å². The number of nitrogens with one attached hydrogen (secondary N) is 1. The van der Waals surface area contributed by atoms with Crippen LogP contribution in [0.25, 0.3) is 0 Å². The van der Waals surface area contributed by atoms with Crippen molar-refractivity contribution < 1.29 is 9.59 Å². The minimum absolute atomic E-state index is 0.00122. The van der Waals surface area contributed by atoms with Gasteiger partial charge in [-0.1, -0.05) is 26.0 Å². The molecule has 1 aliphatic rings. The third-order valence-corrected chi connectivity index (χ3v) is 3.68. The predicted octanol–water partition coefficient (Wildman–Crippen LogP) is 3.40. The summed E-state index contributed by atoms with van der Waals surface area (Å²) < 4.78 is 0. The summed E-state index contributed by atoms with van der Waals surface area (Å²) in [6.07, 6.45) is 1.17. The number of hydrogen-bond acceptors (Lipinski definition) is 2. The summed E-state index contributed by atoms with van der Waals surface area (Å²) in [6.45, 7) is 7.46. The number of anilines is 1. The van der Waals surface area contributed by atoms with Gasteiger partial charge in [-0.15, -0.1) is 0 Å². The molecule has 4 nitrogen and oxygen atoms in total. The monoisotopic (exact) mass is 274 g/mol. The molecule has 108 valence electrons. The van der Waals surface area contributed by atoms with Crippen LogP contribution in [0.4, 0.5) is 10.5 Å². The molecule has 2 rings (SSSR count). The molecule has 0 aromatic heterocycles. The smallest absolute Gasteiger partial charge is 0.321 e. The lowest BCUT2D eigenvalue weighted by atomic mass is 9.92. The van der Waals surface area contributed by atoms with E-state index in [1.165, 1.54) is 13.3 Å². The normalized spacial score (nSPS) is 22.4. The first-order valence-corrected chi connectivity index (χ1v) is 7.12. The minimum Gasteiger partial charge on any atom is -0.324 e. The van der Waals surface area contributed by atoms with E-state index in [-0.39, 0.29) is 11.8 Å². The maximum atomic E-state index is 12.3. The van der Waals surface area contributed by atoms with E-state index < -0.39 is 0 Å². The van der Waals surface area contributed by atoms with Crippen LogP contribution >= 0.6 is 0 Å². The lowest BCUT2D eigenvalue weighted by Crippen LogP contribution is -2.44. The molecule has 1 fully saturated rings. The third-order valence-electron chi connectivity index (χ3n) is 3.68. The second-order valence-corrected chi connectivity index (χ2v) is 5.92. The number of nitrogens with zero attached hydrogens (tertiary/aromatic N) is 1. The number of carbonyl (C=O) groups excluding carboxylic acids is 2. The highest BCUT2D eigenvalue weighted by atomic mass is 16.2. The summed E-state index contributed by atoms with van der Waals surface area (Å²) in [5.41, 5.74) is 1.29. The number of likely N-dealkylation sites (tertiary alicyclic amines) is 1. The number of amides is 2. The van der Waals surface area contributed by atoms with Crippen molar-refractivity contribution in [3.63, 3.8) is 0 Å². The number of benzene rings is 1. The Morgan fingerprint density at radius 1 is 1.20 bits per heavy atom. The molecule has 20 heavy (non-hydrogen) atoms. The van der Waals surface area contributed by atoms with Gasteiger partial charge in [-0.2, -0.15) is 0 Å². The number of urea groups is 1. The lowest BCUT2D eigenvalue weighted by Gasteiger charge is -2.34. The standard InChI is InChI=1S/C16H22N2O2/c1-11-7-12(2)10-18(9-11)16(20)17-15-6-4-5-14(8-15)13(3)19/h4-6,8,11-12H,7,9-10H2,1-3H3,(H,17,20). The number of Topliss-reactive ketones (excluding diaryl/α,β-unsaturated/α-hetero) is 1. The largest absolute Gasteiger partial charge is 0.324 e. The van der Waals surface area contributed by atoms with Gasteiger partial charge in [-0.3, -0.25) is 4.79 Å². The Kier molecular flexibility index (Phi) is 4.42. The van der Waals surface area contributed by atoms with Crippen LogP contribution in [-0.4, -0.2) is 29.8 Å². The van der Waals surface area contributed by atoms with E-state index in [4.69, 9.17) is 0 Å². The number of ketones is 1. The molecular formula is C16H22N2O2. The van der Waals surface area contributed by atoms with Crippen LogP contribution in [0.15, 0.2) is 24.3 Å². The Labute approximate surface area is 120 Å². The molecule has 2 unspecified atom stereocenters. The number of piperidine rings is 1. The van der Waals surface area contributed by atoms with Gasteiger partial charge in [-0.25, -0.2) is 4.79 Å². The van der Waals surface area contributed by atoms with E-state index in [2.05, 4.69) is 19.2 Å². The molecule has 1 aromatic carbocycles. The Hall–Kier alpha value is -1.84. The molecule has 1 N–H and O–H groups in total. The third kappa shape index (κ3) is 3.59. The maximum absolute atomic E-state index is 12.3. The molecule has 0 radical (unpaired) electrons. The summed E-state index contributed by atoms with van der Waals surface area (Å²) >= 11 is 0. The number of hydrogen-bond donors (Lipinski definition) is 1. The number of rotatable bonds is 2. The molecule has 2 amide bonds. The van der Waals surface area contributed by atoms with Crippen LogP contribution in [-0.2, 0) is 0 Å². The Balaban J connectivity index is 2.04. The fraction of sp³-hybridized carbons (Fsp3) is 0.500. The van der Waals surface area contributed by atoms with Crippen LogP contribution in [0.1, 0.15) is 37.6 Å². The van der Waals surface area contributed by atoms with Crippen molar-refractivity contribution in [2.45, 2.75) is 27.2 Å². The van der Waals surface area contributed by atoms with Crippen LogP contribution in [0.3, 0.4) is 0 Å². The second-order valence-electron chi connectivity index (χ2n) is 5.92. The zero-order valence-electron chi connectivity index (χ0n) is 12.3. The molecule has 0 saturated carbocycles. The number of carbonyl (C=O) groups is 2. The maximum Gasteiger partial charge on any atom is 0.321 e. The zero-order chi connectivity index (χ0) is 14.7. The summed E-state index contributed by atoms with van der Waals surface area (Å²) in [5.74, 6) is 1.07. The van der Waals surface area contributed by atoms with Crippen LogP contribution in [0, 0.1) is 11.8 Å². The first-order valence-electron chi connectivity index (χ1n) is 7.12. The van der Waals surface area contributed by atoms with Crippen molar-refractivity contribution in [2.75, 3.05) is 18.4 Å². The quantitative estimate of drug-likeness (QED) is 0.840. The van der Waals surface area contributed by atoms with E-state index in [1.54, 1.807) is 24.3 Å². The SMILES string of the molecule is CC(=O)c1cccc(NC(=O)N2CC(C)CC(C)C2)c1. The average molecular weight is 274 g/mol. The Morgan fingerprint density at radius 2 is 1.85 bits per heavy atom. The summed E-state index contributed by atoms with van der Waals surface area (Å²) in [4.78, 5) is 25.5. The molecule has 0 bridgehead atoms. The summed E-state index contributed by atoms with van der Waals surface area (Å²) in [5, 5.41) is 2.88. The van der Waals surface area contributed by atoms with Gasteiger partial charge in [0.05, 0.1) is 0 Å². The van der Waals surface area contributed by atoms with Gasteiger partial charge in [0.1, 0.15) is 0 Å². The Bertz CT molecular complexity index is 503. The van der Waals surface area contributed by atoms with E-state index in [1.807, 2.05) is 4.90 Å². The van der Waals surface area contributed by atoms with Gasteiger partial charge in [0.25, 0.3) is 0 Å². The molecule has 0 aliphatic carbocycles. The van der Waals surface area contributed by atoms with Crippen molar-refractivity contribution in [3.05, 3.63) is 29.8 Å². The van der Waals surface area contributed by atoms with Crippen LogP contribution in [0.5, 0.6) is 0 Å². The van der Waals surface area contributed by atoms with Gasteiger partial charge >= 0.3 is 6.03 Å². The zero-order valence-corrected chi connectivity index (χ0v) is 12.3. The predicted molar refractivity (Wildman–Crippen MR) is 80.0 cm³/mol. The highest BCUT2D eigenvalue weighted by Crippen LogP contribution is 2.22. The van der Waals surface area contributed by atoms with Gasteiger partial charge in [0.2, 0.25) is 0 Å². The van der Waals surface area contributed by atoms with E-state index in [0.717, 1.165) is 13.1 Å². The second kappa shape index (κ2) is 6.07. The highest BCUT2D eigenvalue weighted by molar-refractivity contribution is 5.96. The molecule has 1 saturated heterocycles. The van der Waals surface area contributed by atoms with E-state index in [0.29, 0.717) is 23.1 Å². The average Bonchev–Trinajstić information content (AvgIpc) is 2.37. The Morgan fingerprint density at radius 3 is 2.45 bits per heavy atom. The van der Waals surface area contributed by atoms with Crippen molar-refractivity contribution >= 4 is 17.5 Å². The van der Waals surface area contributed by atoms with Crippen molar-refractivity contribution in [1.29, 1.82) is 0 Å².